The van der Waals surface area contributed by atoms with E-state index >= 15 is 0 Å². The molecule has 0 aliphatic carbocycles. The monoisotopic (exact) mass is 372 g/mol. The molecule has 1 amide bonds. The van der Waals surface area contributed by atoms with Gasteiger partial charge in [-0.3, -0.25) is 19.7 Å². The average molecular weight is 372 g/mol. The number of aromatic nitrogens is 2. The van der Waals surface area contributed by atoms with Crippen molar-refractivity contribution in [2.75, 3.05) is 5.32 Å². The molecule has 0 spiro atoms. The van der Waals surface area contributed by atoms with Gasteiger partial charge in [0.1, 0.15) is 11.7 Å². The minimum Gasteiger partial charge on any atom is -0.463 e. The Hall–Kier alpha value is -3.82. The fraction of sp³-hybridized carbons (Fsp3) is 0.118. The lowest BCUT2D eigenvalue weighted by atomic mass is 10.2. The summed E-state index contributed by atoms with van der Waals surface area (Å²) in [7, 11) is 0. The third kappa shape index (κ3) is 3.73. The van der Waals surface area contributed by atoms with E-state index in [2.05, 4.69) is 10.4 Å². The molecule has 10 heteroatoms. The molecule has 2 heterocycles. The number of carbonyl (C=O) groups is 1. The Morgan fingerprint density at radius 1 is 1.33 bits per heavy atom. The summed E-state index contributed by atoms with van der Waals surface area (Å²) in [5.74, 6) is -1.25. The minimum absolute atomic E-state index is 0.0233. The highest BCUT2D eigenvalue weighted by atomic mass is 19.1. The van der Waals surface area contributed by atoms with Crippen LogP contribution >= 0.6 is 0 Å². The third-order valence-corrected chi connectivity index (χ3v) is 3.76. The first kappa shape index (κ1) is 18.0. The van der Waals surface area contributed by atoms with E-state index < -0.39 is 33.9 Å². The van der Waals surface area contributed by atoms with Crippen molar-refractivity contribution < 1.29 is 18.5 Å². The minimum atomic E-state index is -1.03. The smallest absolute Gasteiger partial charge is 0.306 e. The Labute approximate surface area is 151 Å². The van der Waals surface area contributed by atoms with Crippen molar-refractivity contribution in [1.29, 1.82) is 0 Å². The predicted molar refractivity (Wildman–Crippen MR) is 92.6 cm³/mol. The maximum Gasteiger partial charge on any atom is 0.306 e. The Bertz CT molecular complexity index is 1060. The van der Waals surface area contributed by atoms with Crippen molar-refractivity contribution in [2.45, 2.75) is 13.0 Å². The molecule has 0 bridgehead atoms. The van der Waals surface area contributed by atoms with Gasteiger partial charge in [-0.15, -0.1) is 0 Å². The zero-order valence-electron chi connectivity index (χ0n) is 14.0. The third-order valence-electron chi connectivity index (χ3n) is 3.76. The summed E-state index contributed by atoms with van der Waals surface area (Å²) in [6.07, 6.45) is 1.45. The SMILES string of the molecule is CC(C(=O)Nc1ccc(F)c([N+](=O)[O-])c1)n1nc(-c2ccco2)ccc1=O. The molecule has 0 fully saturated rings. The number of hydrogen-bond donors (Lipinski definition) is 1. The fourth-order valence-corrected chi connectivity index (χ4v) is 2.35. The second-order valence-corrected chi connectivity index (χ2v) is 5.57. The van der Waals surface area contributed by atoms with Crippen molar-refractivity contribution in [2.24, 2.45) is 0 Å². The quantitative estimate of drug-likeness (QED) is 0.543. The van der Waals surface area contributed by atoms with E-state index in [9.17, 15) is 24.1 Å². The van der Waals surface area contributed by atoms with Gasteiger partial charge < -0.3 is 9.73 Å². The van der Waals surface area contributed by atoms with Crippen molar-refractivity contribution in [3.05, 3.63) is 75.0 Å². The number of nitrogens with one attached hydrogen (secondary N) is 1. The Kier molecular flexibility index (Phi) is 4.79. The lowest BCUT2D eigenvalue weighted by molar-refractivity contribution is -0.387. The molecule has 3 aromatic rings. The Balaban J connectivity index is 1.86. The lowest BCUT2D eigenvalue weighted by Crippen LogP contribution is -2.33. The second-order valence-electron chi connectivity index (χ2n) is 5.57. The topological polar surface area (TPSA) is 120 Å². The van der Waals surface area contributed by atoms with Gasteiger partial charge in [-0.1, -0.05) is 0 Å². The molecule has 1 atom stereocenters. The van der Waals surface area contributed by atoms with Crippen molar-refractivity contribution in [3.63, 3.8) is 0 Å². The normalized spacial score (nSPS) is 11.8. The molecule has 0 radical (unpaired) electrons. The van der Waals surface area contributed by atoms with Crippen LogP contribution in [0.2, 0.25) is 0 Å². The van der Waals surface area contributed by atoms with E-state index in [1.165, 1.54) is 31.4 Å². The van der Waals surface area contributed by atoms with Crippen LogP contribution < -0.4 is 10.9 Å². The molecule has 27 heavy (non-hydrogen) atoms. The van der Waals surface area contributed by atoms with Gasteiger partial charge in [-0.25, -0.2) is 4.68 Å². The molecule has 0 aliphatic rings. The molecule has 0 saturated carbocycles. The van der Waals surface area contributed by atoms with Crippen LogP contribution in [0.1, 0.15) is 13.0 Å². The Morgan fingerprint density at radius 2 is 2.11 bits per heavy atom. The molecule has 9 nitrogen and oxygen atoms in total. The standard InChI is InChI=1S/C17H13FN4O5/c1-10(17(24)19-11-4-5-12(18)14(9-11)22(25)26)21-16(23)7-6-13(20-21)15-3-2-8-27-15/h2-10H,1H3,(H,19,24). The zero-order chi connectivity index (χ0) is 19.6. The summed E-state index contributed by atoms with van der Waals surface area (Å²) >= 11 is 0. The first-order valence-electron chi connectivity index (χ1n) is 7.75. The van der Waals surface area contributed by atoms with Gasteiger partial charge in [0.05, 0.1) is 11.2 Å². The summed E-state index contributed by atoms with van der Waals surface area (Å²) in [5, 5.41) is 17.3. The number of furan rings is 1. The number of anilines is 1. The molecule has 1 N–H and O–H groups in total. The lowest BCUT2D eigenvalue weighted by Gasteiger charge is -2.14. The van der Waals surface area contributed by atoms with Gasteiger partial charge in [0.2, 0.25) is 11.7 Å². The van der Waals surface area contributed by atoms with Crippen LogP contribution in [0.4, 0.5) is 15.8 Å². The van der Waals surface area contributed by atoms with Crippen LogP contribution in [-0.2, 0) is 4.79 Å². The molecule has 1 unspecified atom stereocenters. The first-order chi connectivity index (χ1) is 12.9. The van der Waals surface area contributed by atoms with E-state index in [1.807, 2.05) is 0 Å². The number of halogens is 1. The molecule has 0 saturated heterocycles. The zero-order valence-corrected chi connectivity index (χ0v) is 14.0. The summed E-state index contributed by atoms with van der Waals surface area (Å²) in [6.45, 7) is 1.44. The first-order valence-corrected chi connectivity index (χ1v) is 7.75. The van der Waals surface area contributed by atoms with Crippen molar-refractivity contribution >= 4 is 17.3 Å². The van der Waals surface area contributed by atoms with E-state index in [-0.39, 0.29) is 5.69 Å². The maximum absolute atomic E-state index is 13.4. The fourth-order valence-electron chi connectivity index (χ4n) is 2.35. The van der Waals surface area contributed by atoms with Gasteiger partial charge in [-0.05, 0) is 37.3 Å². The molecule has 2 aromatic heterocycles. The van der Waals surface area contributed by atoms with Gasteiger partial charge in [0.25, 0.3) is 5.56 Å². The largest absolute Gasteiger partial charge is 0.463 e. The molecular weight excluding hydrogens is 359 g/mol. The van der Waals surface area contributed by atoms with Crippen molar-refractivity contribution in [1.82, 2.24) is 9.78 Å². The number of benzene rings is 1. The number of nitro groups is 1. The van der Waals surface area contributed by atoms with Crippen LogP contribution in [0.5, 0.6) is 0 Å². The highest BCUT2D eigenvalue weighted by Crippen LogP contribution is 2.22. The maximum atomic E-state index is 13.4. The van der Waals surface area contributed by atoms with Gasteiger partial charge >= 0.3 is 5.69 Å². The number of nitro benzene ring substituents is 1. The van der Waals surface area contributed by atoms with E-state index in [0.29, 0.717) is 11.5 Å². The van der Waals surface area contributed by atoms with Crippen molar-refractivity contribution in [3.8, 4) is 11.5 Å². The van der Waals surface area contributed by atoms with Crippen LogP contribution in [0, 0.1) is 15.9 Å². The highest BCUT2D eigenvalue weighted by Gasteiger charge is 2.21. The average Bonchev–Trinajstić information content (AvgIpc) is 3.17. The van der Waals surface area contributed by atoms with Gasteiger partial charge in [-0.2, -0.15) is 9.49 Å². The number of nitrogens with zero attached hydrogens (tertiary/aromatic N) is 3. The van der Waals surface area contributed by atoms with Crippen LogP contribution in [-0.4, -0.2) is 20.6 Å². The van der Waals surface area contributed by atoms with Crippen LogP contribution in [0.25, 0.3) is 11.5 Å². The number of carbonyl (C=O) groups excluding carboxylic acids is 1. The second kappa shape index (κ2) is 7.20. The van der Waals surface area contributed by atoms with Crippen LogP contribution in [0.15, 0.2) is 57.9 Å². The van der Waals surface area contributed by atoms with E-state index in [1.54, 1.807) is 12.1 Å². The van der Waals surface area contributed by atoms with E-state index in [0.717, 1.165) is 16.8 Å². The molecule has 0 aliphatic heterocycles. The highest BCUT2D eigenvalue weighted by molar-refractivity contribution is 5.93. The predicted octanol–water partition coefficient (Wildman–Crippen LogP) is 2.75. The summed E-state index contributed by atoms with van der Waals surface area (Å²) < 4.78 is 19.6. The van der Waals surface area contributed by atoms with Gasteiger partial charge in [0.15, 0.2) is 5.76 Å². The number of amides is 1. The van der Waals surface area contributed by atoms with Crippen LogP contribution in [0.3, 0.4) is 0 Å². The number of rotatable bonds is 5. The summed E-state index contributed by atoms with van der Waals surface area (Å²) in [6, 6.07) is 7.95. The van der Waals surface area contributed by atoms with Gasteiger partial charge in [0, 0.05) is 17.8 Å². The summed E-state index contributed by atoms with van der Waals surface area (Å²) in [4.78, 5) is 34.4. The Morgan fingerprint density at radius 3 is 2.78 bits per heavy atom. The molecule has 1 aromatic carbocycles. The molecule has 3 rings (SSSR count). The molecule has 138 valence electrons. The molecular formula is C17H13FN4O5. The summed E-state index contributed by atoms with van der Waals surface area (Å²) in [5.41, 5.74) is -0.902. The van der Waals surface area contributed by atoms with E-state index in [4.69, 9.17) is 4.42 Å². The number of hydrogen-bond acceptors (Lipinski definition) is 6.